The van der Waals surface area contributed by atoms with Crippen molar-refractivity contribution in [1.29, 1.82) is 0 Å². The van der Waals surface area contributed by atoms with Crippen LogP contribution in [0.1, 0.15) is 22.9 Å². The fourth-order valence-corrected chi connectivity index (χ4v) is 2.85. The van der Waals surface area contributed by atoms with Gasteiger partial charge in [-0.1, -0.05) is 25.1 Å². The van der Waals surface area contributed by atoms with Gasteiger partial charge in [-0.2, -0.15) is 0 Å². The number of benzene rings is 1. The van der Waals surface area contributed by atoms with Crippen molar-refractivity contribution in [3.05, 3.63) is 57.5 Å². The molecule has 1 amide bonds. The van der Waals surface area contributed by atoms with Gasteiger partial charge in [0.05, 0.1) is 6.54 Å². The number of rotatable bonds is 7. The number of nitrogens with zero attached hydrogens (tertiary/aromatic N) is 1. The fraction of sp³-hybridized carbons (Fsp3) is 0.353. The summed E-state index contributed by atoms with van der Waals surface area (Å²) >= 11 is 1.69. The molecule has 0 aliphatic heterocycles. The predicted octanol–water partition coefficient (Wildman–Crippen LogP) is 3.33. The molecule has 0 atom stereocenters. The second-order valence-corrected chi connectivity index (χ2v) is 6.28. The lowest BCUT2D eigenvalue weighted by Gasteiger charge is -2.19. The van der Waals surface area contributed by atoms with Crippen molar-refractivity contribution in [2.24, 2.45) is 0 Å². The van der Waals surface area contributed by atoms with Crippen LogP contribution in [0.3, 0.4) is 0 Å². The quantitative estimate of drug-likeness (QED) is 0.848. The summed E-state index contributed by atoms with van der Waals surface area (Å²) in [6.45, 7) is 6.05. The van der Waals surface area contributed by atoms with Crippen LogP contribution in [0.15, 0.2) is 35.7 Å². The van der Waals surface area contributed by atoms with Gasteiger partial charge in [0.15, 0.2) is 0 Å². The molecule has 5 heteroatoms. The lowest BCUT2D eigenvalue weighted by atomic mass is 10.1. The molecule has 0 radical (unpaired) electrons. The van der Waals surface area contributed by atoms with E-state index in [-0.39, 0.29) is 11.7 Å². The standard InChI is InChI=1S/C17H21FN2OS/c1-3-20(11-15-5-4-8-22-15)12-17(21)19-10-14-7-6-13(2)16(18)9-14/h4-9H,3,10-12H2,1-2H3,(H,19,21). The third-order valence-electron chi connectivity index (χ3n) is 3.50. The maximum Gasteiger partial charge on any atom is 0.234 e. The molecule has 0 saturated carbocycles. The van der Waals surface area contributed by atoms with E-state index in [0.717, 1.165) is 18.7 Å². The summed E-state index contributed by atoms with van der Waals surface area (Å²) in [7, 11) is 0. The largest absolute Gasteiger partial charge is 0.351 e. The highest BCUT2D eigenvalue weighted by Gasteiger charge is 2.10. The smallest absolute Gasteiger partial charge is 0.234 e. The van der Waals surface area contributed by atoms with Crippen molar-refractivity contribution in [1.82, 2.24) is 10.2 Å². The molecule has 1 aromatic heterocycles. The van der Waals surface area contributed by atoms with Gasteiger partial charge < -0.3 is 5.32 Å². The van der Waals surface area contributed by atoms with Gasteiger partial charge in [-0.25, -0.2) is 4.39 Å². The normalized spacial score (nSPS) is 10.9. The summed E-state index contributed by atoms with van der Waals surface area (Å²) in [5.41, 5.74) is 1.39. The number of likely N-dealkylation sites (N-methyl/N-ethyl adjacent to an activating group) is 1. The molecule has 0 spiro atoms. The van der Waals surface area contributed by atoms with Crippen molar-refractivity contribution in [3.8, 4) is 0 Å². The number of hydrogen-bond donors (Lipinski definition) is 1. The molecule has 1 aromatic carbocycles. The molecule has 1 N–H and O–H groups in total. The highest BCUT2D eigenvalue weighted by Crippen LogP contribution is 2.11. The van der Waals surface area contributed by atoms with Crippen LogP contribution < -0.4 is 5.32 Å². The third-order valence-corrected chi connectivity index (χ3v) is 4.36. The first-order valence-corrected chi connectivity index (χ1v) is 8.23. The minimum Gasteiger partial charge on any atom is -0.351 e. The number of hydrogen-bond acceptors (Lipinski definition) is 3. The van der Waals surface area contributed by atoms with Crippen molar-refractivity contribution in [3.63, 3.8) is 0 Å². The van der Waals surface area contributed by atoms with E-state index in [1.807, 2.05) is 24.4 Å². The third kappa shape index (κ3) is 4.93. The minimum absolute atomic E-state index is 0.0422. The lowest BCUT2D eigenvalue weighted by molar-refractivity contribution is -0.122. The van der Waals surface area contributed by atoms with Crippen molar-refractivity contribution in [2.75, 3.05) is 13.1 Å². The number of nitrogens with one attached hydrogen (secondary N) is 1. The Morgan fingerprint density at radius 2 is 2.18 bits per heavy atom. The lowest BCUT2D eigenvalue weighted by Crippen LogP contribution is -2.36. The first-order chi connectivity index (χ1) is 10.6. The van der Waals surface area contributed by atoms with Crippen molar-refractivity contribution >= 4 is 17.2 Å². The Kier molecular flexibility index (Phi) is 6.10. The van der Waals surface area contributed by atoms with Crippen LogP contribution in [0.25, 0.3) is 0 Å². The van der Waals surface area contributed by atoms with Gasteiger partial charge in [0.25, 0.3) is 0 Å². The molecule has 2 aromatic rings. The maximum absolute atomic E-state index is 13.5. The van der Waals surface area contributed by atoms with E-state index < -0.39 is 0 Å². The summed E-state index contributed by atoms with van der Waals surface area (Å²) < 4.78 is 13.5. The van der Waals surface area contributed by atoms with Gasteiger partial charge in [-0.15, -0.1) is 11.3 Å². The van der Waals surface area contributed by atoms with Crippen LogP contribution in [0, 0.1) is 12.7 Å². The average Bonchev–Trinajstić information content (AvgIpc) is 3.00. The van der Waals surface area contributed by atoms with E-state index in [4.69, 9.17) is 0 Å². The molecule has 3 nitrogen and oxygen atoms in total. The average molecular weight is 320 g/mol. The molecule has 0 fully saturated rings. The van der Waals surface area contributed by atoms with Gasteiger partial charge in [-0.3, -0.25) is 9.69 Å². The van der Waals surface area contributed by atoms with Crippen LogP contribution in [0.2, 0.25) is 0 Å². The number of thiophene rings is 1. The molecule has 0 aliphatic carbocycles. The van der Waals surface area contributed by atoms with Gasteiger partial charge in [0, 0.05) is 18.0 Å². The van der Waals surface area contributed by atoms with E-state index >= 15 is 0 Å². The molecule has 0 saturated heterocycles. The number of carbonyl (C=O) groups is 1. The molecule has 0 aliphatic rings. The fourth-order valence-electron chi connectivity index (χ4n) is 2.11. The molecule has 1 heterocycles. The van der Waals surface area contributed by atoms with E-state index in [1.165, 1.54) is 10.9 Å². The van der Waals surface area contributed by atoms with Crippen LogP contribution in [0.4, 0.5) is 4.39 Å². The number of carbonyl (C=O) groups excluding carboxylic acids is 1. The van der Waals surface area contributed by atoms with E-state index in [9.17, 15) is 9.18 Å². The van der Waals surface area contributed by atoms with Crippen molar-refractivity contribution in [2.45, 2.75) is 26.9 Å². The van der Waals surface area contributed by atoms with Crippen molar-refractivity contribution < 1.29 is 9.18 Å². The molecular weight excluding hydrogens is 299 g/mol. The van der Waals surface area contributed by atoms with E-state index in [0.29, 0.717) is 18.7 Å². The summed E-state index contributed by atoms with van der Waals surface area (Å²) in [5, 5.41) is 4.88. The summed E-state index contributed by atoms with van der Waals surface area (Å²) in [6.07, 6.45) is 0. The molecule has 0 bridgehead atoms. The highest BCUT2D eigenvalue weighted by atomic mass is 32.1. The van der Waals surface area contributed by atoms with Crippen LogP contribution in [-0.4, -0.2) is 23.9 Å². The molecule has 118 valence electrons. The zero-order chi connectivity index (χ0) is 15.9. The number of halogens is 1. The van der Waals surface area contributed by atoms with Crippen LogP contribution >= 0.6 is 11.3 Å². The number of aryl methyl sites for hydroxylation is 1. The SMILES string of the molecule is CCN(CC(=O)NCc1ccc(C)c(F)c1)Cc1cccs1. The van der Waals surface area contributed by atoms with Gasteiger partial charge in [-0.05, 0) is 42.1 Å². The Labute approximate surface area is 134 Å². The first kappa shape index (κ1) is 16.6. The van der Waals surface area contributed by atoms with E-state index in [1.54, 1.807) is 24.3 Å². The number of amides is 1. The summed E-state index contributed by atoms with van der Waals surface area (Å²) in [4.78, 5) is 15.3. The van der Waals surface area contributed by atoms with Crippen LogP contribution in [-0.2, 0) is 17.9 Å². The predicted molar refractivity (Wildman–Crippen MR) is 88.3 cm³/mol. The van der Waals surface area contributed by atoms with E-state index in [2.05, 4.69) is 16.3 Å². The maximum atomic E-state index is 13.5. The highest BCUT2D eigenvalue weighted by molar-refractivity contribution is 7.09. The zero-order valence-electron chi connectivity index (χ0n) is 12.9. The monoisotopic (exact) mass is 320 g/mol. The Morgan fingerprint density at radius 3 is 2.82 bits per heavy atom. The second-order valence-electron chi connectivity index (χ2n) is 5.24. The van der Waals surface area contributed by atoms with Gasteiger partial charge >= 0.3 is 0 Å². The Balaban J connectivity index is 1.82. The molecule has 2 rings (SSSR count). The Morgan fingerprint density at radius 1 is 1.36 bits per heavy atom. The van der Waals surface area contributed by atoms with Gasteiger partial charge in [0.1, 0.15) is 5.82 Å². The zero-order valence-corrected chi connectivity index (χ0v) is 13.8. The first-order valence-electron chi connectivity index (χ1n) is 7.35. The molecule has 0 unspecified atom stereocenters. The van der Waals surface area contributed by atoms with Crippen LogP contribution in [0.5, 0.6) is 0 Å². The summed E-state index contributed by atoms with van der Waals surface area (Å²) in [6, 6.07) is 9.12. The second kappa shape index (κ2) is 8.06. The molecular formula is C17H21FN2OS. The van der Waals surface area contributed by atoms with Gasteiger partial charge in [0.2, 0.25) is 5.91 Å². The molecule has 22 heavy (non-hydrogen) atoms. The topological polar surface area (TPSA) is 32.3 Å². The Hall–Kier alpha value is -1.72. The Bertz CT molecular complexity index is 613. The summed E-state index contributed by atoms with van der Waals surface area (Å²) in [5.74, 6) is -0.279. The minimum atomic E-state index is -0.236.